The highest BCUT2D eigenvalue weighted by Gasteiger charge is 2.31. The number of carbonyl (C=O) groups excluding carboxylic acids is 3. The molecule has 13 heteroatoms. The lowest BCUT2D eigenvalue weighted by molar-refractivity contribution is -0.384. The van der Waals surface area contributed by atoms with Crippen LogP contribution in [-0.2, 0) is 11.0 Å². The lowest BCUT2D eigenvalue weighted by Gasteiger charge is -2.10. The van der Waals surface area contributed by atoms with Crippen molar-refractivity contribution in [3.8, 4) is 5.75 Å². The van der Waals surface area contributed by atoms with Crippen molar-refractivity contribution in [3.63, 3.8) is 0 Å². The number of hydrogen-bond donors (Lipinski definition) is 2. The molecule has 0 atom stereocenters. The molecule has 0 aromatic heterocycles. The number of nitro benzene ring substituents is 1. The van der Waals surface area contributed by atoms with Crippen LogP contribution in [0.1, 0.15) is 45.2 Å². The molecular weight excluding hydrogens is 509 g/mol. The Bertz CT molecular complexity index is 1400. The molecule has 3 aromatic rings. The number of nitro groups is 1. The molecule has 3 aromatic carbocycles. The van der Waals surface area contributed by atoms with Crippen molar-refractivity contribution in [2.75, 3.05) is 5.32 Å². The predicted octanol–water partition coefficient (Wildman–Crippen LogP) is 4.95. The number of nitrogens with zero attached hydrogens (tertiary/aromatic N) is 2. The summed E-state index contributed by atoms with van der Waals surface area (Å²) in [5.41, 5.74) is 0.948. The zero-order valence-electron chi connectivity index (χ0n) is 19.6. The second-order valence-electron chi connectivity index (χ2n) is 7.63. The fourth-order valence-corrected chi connectivity index (χ4v) is 3.00. The Morgan fingerprint density at radius 1 is 1.03 bits per heavy atom. The van der Waals surface area contributed by atoms with E-state index >= 15 is 0 Å². The Morgan fingerprint density at radius 2 is 1.74 bits per heavy atom. The highest BCUT2D eigenvalue weighted by Crippen LogP contribution is 2.30. The molecule has 0 radical (unpaired) electrons. The molecule has 196 valence electrons. The molecular formula is C25H19F3N4O6. The van der Waals surface area contributed by atoms with E-state index < -0.39 is 34.1 Å². The summed E-state index contributed by atoms with van der Waals surface area (Å²) in [6.07, 6.45) is -3.41. The lowest BCUT2D eigenvalue weighted by Crippen LogP contribution is -2.18. The van der Waals surface area contributed by atoms with Crippen molar-refractivity contribution >= 4 is 35.4 Å². The number of non-ortho nitro benzene ring substituents is 1. The highest BCUT2D eigenvalue weighted by atomic mass is 19.4. The SMILES string of the molecule is CCC(=O)Nc1ccc(C(=O)N/N=C/c2cc([N+](=O)[O-])ccc2OC(=O)c2cccc(C(F)(F)F)c2)cc1. The minimum Gasteiger partial charge on any atom is -0.422 e. The summed E-state index contributed by atoms with van der Waals surface area (Å²) in [4.78, 5) is 46.7. The maximum absolute atomic E-state index is 13.0. The number of carbonyl (C=O) groups is 3. The Morgan fingerprint density at radius 3 is 2.37 bits per heavy atom. The molecule has 0 aliphatic rings. The maximum atomic E-state index is 13.0. The van der Waals surface area contributed by atoms with Gasteiger partial charge in [0.25, 0.3) is 11.6 Å². The van der Waals surface area contributed by atoms with Gasteiger partial charge in [-0.1, -0.05) is 13.0 Å². The highest BCUT2D eigenvalue weighted by molar-refractivity contribution is 5.97. The molecule has 38 heavy (non-hydrogen) atoms. The monoisotopic (exact) mass is 528 g/mol. The van der Waals surface area contributed by atoms with Gasteiger partial charge in [-0.15, -0.1) is 0 Å². The standard InChI is InChI=1S/C25H19F3N4O6/c1-2-22(33)30-19-8-6-15(7-9-19)23(34)31-29-14-17-13-20(32(36)37)10-11-21(17)38-24(35)16-4-3-5-18(12-16)25(26,27)28/h3-14H,2H2,1H3,(H,30,33)(H,31,34)/b29-14+. The molecule has 0 unspecified atom stereocenters. The Kier molecular flexibility index (Phi) is 8.53. The summed E-state index contributed by atoms with van der Waals surface area (Å²) in [6.45, 7) is 1.69. The summed E-state index contributed by atoms with van der Waals surface area (Å²) < 4.78 is 44.1. The fraction of sp³-hybridized carbons (Fsp3) is 0.120. The van der Waals surface area contributed by atoms with Gasteiger partial charge >= 0.3 is 12.1 Å². The number of amides is 2. The number of nitrogens with one attached hydrogen (secondary N) is 2. The molecule has 0 saturated carbocycles. The van der Waals surface area contributed by atoms with Gasteiger partial charge in [0.2, 0.25) is 5.91 Å². The molecule has 0 saturated heterocycles. The van der Waals surface area contributed by atoms with Crippen molar-refractivity contribution in [1.29, 1.82) is 0 Å². The molecule has 0 aliphatic heterocycles. The number of benzene rings is 3. The molecule has 3 rings (SSSR count). The molecule has 2 amide bonds. The largest absolute Gasteiger partial charge is 0.422 e. The van der Waals surface area contributed by atoms with Crippen molar-refractivity contribution in [1.82, 2.24) is 5.43 Å². The first kappa shape index (κ1) is 27.5. The van der Waals surface area contributed by atoms with Crippen LogP contribution in [0.3, 0.4) is 0 Å². The first-order valence-corrected chi connectivity index (χ1v) is 10.9. The summed E-state index contributed by atoms with van der Waals surface area (Å²) in [5, 5.41) is 17.5. The predicted molar refractivity (Wildman–Crippen MR) is 130 cm³/mol. The van der Waals surface area contributed by atoms with Crippen molar-refractivity contribution in [2.45, 2.75) is 19.5 Å². The topological polar surface area (TPSA) is 140 Å². The normalized spacial score (nSPS) is 11.2. The van der Waals surface area contributed by atoms with E-state index in [0.29, 0.717) is 11.8 Å². The van der Waals surface area contributed by atoms with Crippen LogP contribution in [0.5, 0.6) is 5.75 Å². The average molecular weight is 528 g/mol. The van der Waals surface area contributed by atoms with E-state index in [-0.39, 0.29) is 34.9 Å². The van der Waals surface area contributed by atoms with Crippen LogP contribution >= 0.6 is 0 Å². The van der Waals surface area contributed by atoms with Crippen molar-refractivity contribution < 1.29 is 37.2 Å². The van der Waals surface area contributed by atoms with Gasteiger partial charge in [-0.25, -0.2) is 10.2 Å². The molecule has 10 nitrogen and oxygen atoms in total. The molecule has 0 aliphatic carbocycles. The minimum absolute atomic E-state index is 0.0996. The third-order valence-electron chi connectivity index (χ3n) is 4.95. The lowest BCUT2D eigenvalue weighted by atomic mass is 10.1. The Balaban J connectivity index is 1.77. The van der Waals surface area contributed by atoms with Crippen LogP contribution in [0.2, 0.25) is 0 Å². The number of ether oxygens (including phenoxy) is 1. The number of anilines is 1. The van der Waals surface area contributed by atoms with E-state index in [1.807, 2.05) is 0 Å². The fourth-order valence-electron chi connectivity index (χ4n) is 3.00. The van der Waals surface area contributed by atoms with Crippen LogP contribution in [0.4, 0.5) is 24.5 Å². The number of hydrazone groups is 1. The number of hydrogen-bond acceptors (Lipinski definition) is 7. The van der Waals surface area contributed by atoms with E-state index in [1.54, 1.807) is 6.92 Å². The first-order chi connectivity index (χ1) is 18.0. The van der Waals surface area contributed by atoms with Crippen molar-refractivity contribution in [3.05, 3.63) is 99.1 Å². The van der Waals surface area contributed by atoms with Gasteiger partial charge in [0, 0.05) is 35.4 Å². The van der Waals surface area contributed by atoms with Gasteiger partial charge in [0.15, 0.2) is 0 Å². The van der Waals surface area contributed by atoms with Gasteiger partial charge in [0.05, 0.1) is 22.3 Å². The van der Waals surface area contributed by atoms with E-state index in [1.165, 1.54) is 24.3 Å². The Hall–Kier alpha value is -5.07. The van der Waals surface area contributed by atoms with Gasteiger partial charge in [-0.05, 0) is 48.5 Å². The zero-order chi connectivity index (χ0) is 27.9. The van der Waals surface area contributed by atoms with Gasteiger partial charge < -0.3 is 10.1 Å². The summed E-state index contributed by atoms with van der Waals surface area (Å²) in [6, 6.07) is 12.6. The maximum Gasteiger partial charge on any atom is 0.416 e. The summed E-state index contributed by atoms with van der Waals surface area (Å²) in [7, 11) is 0. The number of rotatable bonds is 8. The number of esters is 1. The second-order valence-corrected chi connectivity index (χ2v) is 7.63. The average Bonchev–Trinajstić information content (AvgIpc) is 2.89. The first-order valence-electron chi connectivity index (χ1n) is 10.9. The van der Waals surface area contributed by atoms with Gasteiger partial charge in [-0.3, -0.25) is 19.7 Å². The van der Waals surface area contributed by atoms with Crippen LogP contribution in [0.25, 0.3) is 0 Å². The number of halogens is 3. The smallest absolute Gasteiger partial charge is 0.416 e. The molecule has 2 N–H and O–H groups in total. The summed E-state index contributed by atoms with van der Waals surface area (Å²) in [5.74, 6) is -2.23. The van der Waals surface area contributed by atoms with Crippen LogP contribution in [0, 0.1) is 10.1 Å². The van der Waals surface area contributed by atoms with E-state index in [2.05, 4.69) is 15.8 Å². The second kappa shape index (κ2) is 11.8. The minimum atomic E-state index is -4.68. The van der Waals surface area contributed by atoms with Crippen LogP contribution in [-0.4, -0.2) is 28.9 Å². The van der Waals surface area contributed by atoms with Crippen molar-refractivity contribution in [2.24, 2.45) is 5.10 Å². The number of alkyl halides is 3. The summed E-state index contributed by atoms with van der Waals surface area (Å²) >= 11 is 0. The van der Waals surface area contributed by atoms with Crippen LogP contribution < -0.4 is 15.5 Å². The zero-order valence-corrected chi connectivity index (χ0v) is 19.6. The quantitative estimate of drug-likeness (QED) is 0.139. The molecule has 0 fully saturated rings. The van der Waals surface area contributed by atoms with E-state index in [4.69, 9.17) is 4.74 Å². The van der Waals surface area contributed by atoms with Crippen LogP contribution in [0.15, 0.2) is 71.8 Å². The van der Waals surface area contributed by atoms with Gasteiger partial charge in [-0.2, -0.15) is 18.3 Å². The third-order valence-corrected chi connectivity index (χ3v) is 4.95. The molecule has 0 bridgehead atoms. The Labute approximate surface area is 213 Å². The van der Waals surface area contributed by atoms with Gasteiger partial charge in [0.1, 0.15) is 5.75 Å². The molecule has 0 heterocycles. The van der Waals surface area contributed by atoms with E-state index in [0.717, 1.165) is 42.6 Å². The molecule has 0 spiro atoms. The van der Waals surface area contributed by atoms with E-state index in [9.17, 15) is 37.7 Å². The third kappa shape index (κ3) is 7.22.